The molecule has 2 rings (SSSR count). The highest BCUT2D eigenvalue weighted by molar-refractivity contribution is 9.10. The first-order valence-corrected chi connectivity index (χ1v) is 6.70. The lowest BCUT2D eigenvalue weighted by Crippen LogP contribution is -2.31. The number of nitrogens with two attached hydrogens (primary N) is 1. The van der Waals surface area contributed by atoms with E-state index >= 15 is 0 Å². The molecule has 2 aromatic rings. The molecule has 4 nitrogen and oxygen atoms in total. The molecule has 3 N–H and O–H groups in total. The summed E-state index contributed by atoms with van der Waals surface area (Å²) in [5, 5.41) is 0. The molecule has 1 unspecified atom stereocenters. The Labute approximate surface area is 123 Å². The molecule has 0 aliphatic rings. The van der Waals surface area contributed by atoms with E-state index in [4.69, 9.17) is 5.84 Å². The van der Waals surface area contributed by atoms with Gasteiger partial charge in [-0.05, 0) is 41.1 Å². The highest BCUT2D eigenvalue weighted by Gasteiger charge is 2.19. The van der Waals surface area contributed by atoms with Gasteiger partial charge in [0.1, 0.15) is 17.5 Å². The molecule has 106 valence electrons. The maximum Gasteiger partial charge on any atom is 0.143 e. The zero-order valence-electron chi connectivity index (χ0n) is 10.7. The van der Waals surface area contributed by atoms with Crippen molar-refractivity contribution in [3.05, 3.63) is 57.6 Å². The first-order valence-electron chi connectivity index (χ1n) is 5.91. The fourth-order valence-corrected chi connectivity index (χ4v) is 2.25. The Bertz CT molecular complexity index is 621. The molecular weight excluding hydrogens is 330 g/mol. The van der Waals surface area contributed by atoms with Crippen LogP contribution in [0.3, 0.4) is 0 Å². The van der Waals surface area contributed by atoms with Gasteiger partial charge in [0.25, 0.3) is 0 Å². The second-order valence-electron chi connectivity index (χ2n) is 4.27. The lowest BCUT2D eigenvalue weighted by molar-refractivity contribution is 0.490. The number of hydrazine groups is 1. The van der Waals surface area contributed by atoms with Crippen molar-refractivity contribution in [2.45, 2.75) is 19.4 Å². The van der Waals surface area contributed by atoms with Gasteiger partial charge in [0.2, 0.25) is 0 Å². The molecule has 0 aliphatic carbocycles. The van der Waals surface area contributed by atoms with E-state index in [0.717, 1.165) is 0 Å². The Kier molecular flexibility index (Phi) is 4.74. The van der Waals surface area contributed by atoms with Crippen LogP contribution in [0.4, 0.5) is 8.78 Å². The van der Waals surface area contributed by atoms with Crippen molar-refractivity contribution in [3.63, 3.8) is 0 Å². The van der Waals surface area contributed by atoms with Crippen LogP contribution in [0.2, 0.25) is 0 Å². The van der Waals surface area contributed by atoms with Crippen molar-refractivity contribution < 1.29 is 8.78 Å². The Hall–Kier alpha value is -1.44. The quantitative estimate of drug-likeness (QED) is 0.509. The van der Waals surface area contributed by atoms with E-state index < -0.39 is 17.7 Å². The molecule has 20 heavy (non-hydrogen) atoms. The van der Waals surface area contributed by atoms with Gasteiger partial charge in [-0.25, -0.2) is 18.7 Å². The van der Waals surface area contributed by atoms with Crippen molar-refractivity contribution in [2.75, 3.05) is 0 Å². The van der Waals surface area contributed by atoms with Gasteiger partial charge >= 0.3 is 0 Å². The highest BCUT2D eigenvalue weighted by atomic mass is 79.9. The molecule has 0 aliphatic heterocycles. The molecule has 1 heterocycles. The second-order valence-corrected chi connectivity index (χ2v) is 5.13. The molecule has 0 fully saturated rings. The van der Waals surface area contributed by atoms with Crippen LogP contribution >= 0.6 is 15.9 Å². The number of benzene rings is 1. The predicted octanol–water partition coefficient (Wildman–Crippen LogP) is 2.57. The normalized spacial score (nSPS) is 12.4. The van der Waals surface area contributed by atoms with E-state index in [2.05, 4.69) is 31.3 Å². The Morgan fingerprint density at radius 1 is 1.35 bits per heavy atom. The van der Waals surface area contributed by atoms with E-state index in [1.165, 1.54) is 12.1 Å². The third-order valence-corrected chi connectivity index (χ3v) is 3.52. The summed E-state index contributed by atoms with van der Waals surface area (Å²) in [6.45, 7) is 1.73. The molecule has 0 radical (unpaired) electrons. The summed E-state index contributed by atoms with van der Waals surface area (Å²) >= 11 is 3.04. The molecule has 1 atom stereocenters. The van der Waals surface area contributed by atoms with E-state index in [1.54, 1.807) is 19.2 Å². The fraction of sp³-hybridized carbons (Fsp3) is 0.231. The average molecular weight is 343 g/mol. The van der Waals surface area contributed by atoms with Gasteiger partial charge in [-0.1, -0.05) is 0 Å². The van der Waals surface area contributed by atoms with Gasteiger partial charge in [-0.3, -0.25) is 11.3 Å². The lowest BCUT2D eigenvalue weighted by atomic mass is 10.0. The molecule has 0 saturated carbocycles. The van der Waals surface area contributed by atoms with Crippen LogP contribution in [0, 0.1) is 18.6 Å². The monoisotopic (exact) mass is 342 g/mol. The van der Waals surface area contributed by atoms with Crippen molar-refractivity contribution in [1.82, 2.24) is 15.4 Å². The van der Waals surface area contributed by atoms with Crippen molar-refractivity contribution in [1.29, 1.82) is 0 Å². The summed E-state index contributed by atoms with van der Waals surface area (Å²) in [4.78, 5) is 8.19. The van der Waals surface area contributed by atoms with Gasteiger partial charge in [-0.2, -0.15) is 0 Å². The molecule has 0 saturated heterocycles. The first-order chi connectivity index (χ1) is 9.52. The summed E-state index contributed by atoms with van der Waals surface area (Å²) in [7, 11) is 0. The lowest BCUT2D eigenvalue weighted by Gasteiger charge is -2.17. The summed E-state index contributed by atoms with van der Waals surface area (Å²) in [5.41, 5.74) is 3.07. The zero-order valence-corrected chi connectivity index (χ0v) is 12.3. The largest absolute Gasteiger partial charge is 0.271 e. The fourth-order valence-electron chi connectivity index (χ4n) is 1.88. The first kappa shape index (κ1) is 15.0. The van der Waals surface area contributed by atoms with Gasteiger partial charge in [-0.15, -0.1) is 0 Å². The maximum atomic E-state index is 14.0. The average Bonchev–Trinajstić information content (AvgIpc) is 2.43. The molecule has 1 aromatic carbocycles. The number of aryl methyl sites for hydroxylation is 1. The van der Waals surface area contributed by atoms with Crippen molar-refractivity contribution in [3.8, 4) is 0 Å². The molecule has 7 heteroatoms. The highest BCUT2D eigenvalue weighted by Crippen LogP contribution is 2.25. The van der Waals surface area contributed by atoms with E-state index in [9.17, 15) is 8.78 Å². The number of aromatic nitrogens is 2. The van der Waals surface area contributed by atoms with Crippen LogP contribution < -0.4 is 11.3 Å². The van der Waals surface area contributed by atoms with Crippen LogP contribution in [0.1, 0.15) is 23.1 Å². The number of halogens is 3. The number of rotatable bonds is 4. The number of nitrogens with zero attached hydrogens (tertiary/aromatic N) is 2. The van der Waals surface area contributed by atoms with E-state index in [0.29, 0.717) is 11.5 Å². The molecule has 1 aromatic heterocycles. The van der Waals surface area contributed by atoms with Gasteiger partial charge in [0.15, 0.2) is 0 Å². The summed E-state index contributed by atoms with van der Waals surface area (Å²) < 4.78 is 27.9. The van der Waals surface area contributed by atoms with Crippen LogP contribution in [0.25, 0.3) is 0 Å². The van der Waals surface area contributed by atoms with Crippen LogP contribution in [0.5, 0.6) is 0 Å². The summed E-state index contributed by atoms with van der Waals surface area (Å²) in [6, 6.07) is 3.69. The minimum absolute atomic E-state index is 0.0430. The standard InChI is InChI=1S/C13H13BrF2N4/c1-7-18-5-4-11(19-7)12(20-17)6-8-10(15)3-2-9(14)13(8)16/h2-5,12,20H,6,17H2,1H3. The number of hydrogen-bond acceptors (Lipinski definition) is 4. The van der Waals surface area contributed by atoms with Gasteiger partial charge < -0.3 is 0 Å². The molecule has 0 spiro atoms. The van der Waals surface area contributed by atoms with Crippen molar-refractivity contribution in [2.24, 2.45) is 5.84 Å². The van der Waals surface area contributed by atoms with E-state index in [-0.39, 0.29) is 16.5 Å². The Morgan fingerprint density at radius 3 is 2.75 bits per heavy atom. The van der Waals surface area contributed by atoms with E-state index in [1.807, 2.05) is 0 Å². The summed E-state index contributed by atoms with van der Waals surface area (Å²) in [6.07, 6.45) is 1.62. The SMILES string of the molecule is Cc1nccc(C(Cc2c(F)ccc(Br)c2F)NN)n1. The van der Waals surface area contributed by atoms with Crippen LogP contribution in [0.15, 0.2) is 28.9 Å². The van der Waals surface area contributed by atoms with Crippen LogP contribution in [-0.4, -0.2) is 9.97 Å². The Morgan fingerprint density at radius 2 is 2.10 bits per heavy atom. The third-order valence-electron chi connectivity index (χ3n) is 2.90. The molecule has 0 amide bonds. The second kappa shape index (κ2) is 6.34. The Balaban J connectivity index is 2.34. The molecular formula is C13H13BrF2N4. The number of hydrogen-bond donors (Lipinski definition) is 2. The number of nitrogens with one attached hydrogen (secondary N) is 1. The van der Waals surface area contributed by atoms with Gasteiger partial charge in [0.05, 0.1) is 16.2 Å². The topological polar surface area (TPSA) is 63.8 Å². The van der Waals surface area contributed by atoms with Crippen LogP contribution in [-0.2, 0) is 6.42 Å². The summed E-state index contributed by atoms with van der Waals surface area (Å²) in [5.74, 6) is 4.80. The smallest absolute Gasteiger partial charge is 0.143 e. The minimum atomic E-state index is -0.629. The molecule has 0 bridgehead atoms. The predicted molar refractivity (Wildman–Crippen MR) is 74.6 cm³/mol. The third kappa shape index (κ3) is 3.17. The maximum absolute atomic E-state index is 14.0. The van der Waals surface area contributed by atoms with Gasteiger partial charge in [0, 0.05) is 18.2 Å². The zero-order chi connectivity index (χ0) is 14.7. The minimum Gasteiger partial charge on any atom is -0.271 e. The van der Waals surface area contributed by atoms with Crippen molar-refractivity contribution >= 4 is 15.9 Å².